The molecule has 0 bridgehead atoms. The maximum atomic E-state index is 11.2. The number of carbonyl (C=O) groups is 1. The molecule has 1 saturated heterocycles. The third-order valence-electron chi connectivity index (χ3n) is 4.01. The summed E-state index contributed by atoms with van der Waals surface area (Å²) in [5.74, 6) is 0.974. The van der Waals surface area contributed by atoms with Gasteiger partial charge in [0.15, 0.2) is 5.82 Å². The molecule has 1 saturated carbocycles. The summed E-state index contributed by atoms with van der Waals surface area (Å²) in [6, 6.07) is 3.22. The molecule has 0 atom stereocenters. The quantitative estimate of drug-likeness (QED) is 0.917. The molecule has 0 unspecified atom stereocenters. The van der Waals surface area contributed by atoms with E-state index < -0.39 is 5.97 Å². The highest BCUT2D eigenvalue weighted by atomic mass is 16.5. The van der Waals surface area contributed by atoms with Crippen LogP contribution >= 0.6 is 0 Å². The van der Waals surface area contributed by atoms with Crippen LogP contribution in [0.1, 0.15) is 35.1 Å². The van der Waals surface area contributed by atoms with Crippen LogP contribution in [-0.4, -0.2) is 52.3 Å². The molecule has 0 amide bonds. The Hall–Kier alpha value is -2.28. The molecule has 22 heavy (non-hydrogen) atoms. The van der Waals surface area contributed by atoms with Crippen molar-refractivity contribution < 1.29 is 14.6 Å². The Labute approximate surface area is 127 Å². The first-order valence-corrected chi connectivity index (χ1v) is 7.47. The van der Waals surface area contributed by atoms with Crippen molar-refractivity contribution >= 4 is 22.8 Å². The second kappa shape index (κ2) is 5.17. The SMILES string of the molecule is O=C(O)c1ccc2nc(C3CC3)nc(N3CCOCC3)c2n1. The van der Waals surface area contributed by atoms with Gasteiger partial charge in [-0.1, -0.05) is 0 Å². The fraction of sp³-hybridized carbons (Fsp3) is 0.467. The van der Waals surface area contributed by atoms with E-state index in [1.54, 1.807) is 6.07 Å². The van der Waals surface area contributed by atoms with Crippen molar-refractivity contribution in [3.8, 4) is 0 Å². The lowest BCUT2D eigenvalue weighted by molar-refractivity contribution is 0.0691. The highest BCUT2D eigenvalue weighted by Gasteiger charge is 2.29. The molecule has 2 fully saturated rings. The third-order valence-corrected chi connectivity index (χ3v) is 4.01. The molecule has 7 nitrogen and oxygen atoms in total. The van der Waals surface area contributed by atoms with E-state index in [9.17, 15) is 4.79 Å². The number of rotatable bonds is 3. The molecule has 1 N–H and O–H groups in total. The molecular formula is C15H16N4O3. The van der Waals surface area contributed by atoms with E-state index >= 15 is 0 Å². The van der Waals surface area contributed by atoms with Gasteiger partial charge < -0.3 is 14.7 Å². The van der Waals surface area contributed by atoms with Crippen molar-refractivity contribution in [1.82, 2.24) is 15.0 Å². The number of anilines is 1. The van der Waals surface area contributed by atoms with Gasteiger partial charge in [-0.25, -0.2) is 19.7 Å². The Morgan fingerprint density at radius 2 is 1.95 bits per heavy atom. The van der Waals surface area contributed by atoms with Crippen molar-refractivity contribution in [2.45, 2.75) is 18.8 Å². The van der Waals surface area contributed by atoms with Crippen LogP contribution in [0, 0.1) is 0 Å². The lowest BCUT2D eigenvalue weighted by Gasteiger charge is -2.28. The van der Waals surface area contributed by atoms with E-state index in [4.69, 9.17) is 14.8 Å². The molecule has 2 aromatic heterocycles. The lowest BCUT2D eigenvalue weighted by Crippen LogP contribution is -2.37. The first-order chi connectivity index (χ1) is 10.7. The second-order valence-corrected chi connectivity index (χ2v) is 5.65. The van der Waals surface area contributed by atoms with Gasteiger partial charge in [-0.15, -0.1) is 0 Å². The molecule has 7 heteroatoms. The van der Waals surface area contributed by atoms with E-state index in [1.807, 2.05) is 0 Å². The summed E-state index contributed by atoms with van der Waals surface area (Å²) in [7, 11) is 0. The summed E-state index contributed by atoms with van der Waals surface area (Å²) in [6.07, 6.45) is 2.24. The standard InChI is InChI=1S/C15H16N4O3/c20-15(21)11-4-3-10-12(16-11)14(19-5-7-22-8-6-19)18-13(17-10)9-1-2-9/h3-4,9H,1-2,5-8H2,(H,20,21). The smallest absolute Gasteiger partial charge is 0.354 e. The number of aromatic nitrogens is 3. The number of carboxylic acids is 1. The number of carboxylic acid groups (broad SMARTS) is 1. The lowest BCUT2D eigenvalue weighted by atomic mass is 10.2. The Morgan fingerprint density at radius 1 is 1.18 bits per heavy atom. The maximum absolute atomic E-state index is 11.2. The summed E-state index contributed by atoms with van der Waals surface area (Å²) >= 11 is 0. The molecule has 1 aliphatic heterocycles. The number of aromatic carboxylic acids is 1. The van der Waals surface area contributed by atoms with Crippen LogP contribution in [0.3, 0.4) is 0 Å². The van der Waals surface area contributed by atoms with Gasteiger partial charge in [-0.2, -0.15) is 0 Å². The molecule has 4 rings (SSSR count). The number of pyridine rings is 1. The van der Waals surface area contributed by atoms with E-state index in [2.05, 4.69) is 14.9 Å². The summed E-state index contributed by atoms with van der Waals surface area (Å²) in [5, 5.41) is 9.16. The van der Waals surface area contributed by atoms with Gasteiger partial charge in [-0.3, -0.25) is 0 Å². The van der Waals surface area contributed by atoms with E-state index in [-0.39, 0.29) is 5.69 Å². The Morgan fingerprint density at radius 3 is 2.64 bits per heavy atom. The topological polar surface area (TPSA) is 88.4 Å². The fourth-order valence-corrected chi connectivity index (χ4v) is 2.66. The minimum absolute atomic E-state index is 0.0183. The molecule has 2 aliphatic rings. The van der Waals surface area contributed by atoms with Gasteiger partial charge >= 0.3 is 5.97 Å². The summed E-state index contributed by atoms with van der Waals surface area (Å²) in [6.45, 7) is 2.75. The highest BCUT2D eigenvalue weighted by Crippen LogP contribution is 2.39. The summed E-state index contributed by atoms with van der Waals surface area (Å²) < 4.78 is 5.39. The van der Waals surface area contributed by atoms with Crippen molar-refractivity contribution in [2.75, 3.05) is 31.2 Å². The number of fused-ring (bicyclic) bond motifs is 1. The van der Waals surface area contributed by atoms with Crippen LogP contribution in [0.5, 0.6) is 0 Å². The second-order valence-electron chi connectivity index (χ2n) is 5.65. The summed E-state index contributed by atoms with van der Waals surface area (Å²) in [4.78, 5) is 26.8. The normalized spacial score (nSPS) is 18.6. The summed E-state index contributed by atoms with van der Waals surface area (Å²) in [5.41, 5.74) is 1.29. The van der Waals surface area contributed by atoms with Crippen LogP contribution < -0.4 is 4.90 Å². The van der Waals surface area contributed by atoms with Crippen LogP contribution in [0.15, 0.2) is 12.1 Å². The van der Waals surface area contributed by atoms with Gasteiger partial charge in [0.25, 0.3) is 0 Å². The predicted molar refractivity (Wildman–Crippen MR) is 79.3 cm³/mol. The highest BCUT2D eigenvalue weighted by molar-refractivity contribution is 5.92. The average Bonchev–Trinajstić information content (AvgIpc) is 3.39. The van der Waals surface area contributed by atoms with Gasteiger partial charge in [-0.05, 0) is 25.0 Å². The van der Waals surface area contributed by atoms with Crippen LogP contribution in [0.2, 0.25) is 0 Å². The largest absolute Gasteiger partial charge is 0.477 e. The zero-order valence-electron chi connectivity index (χ0n) is 12.0. The van der Waals surface area contributed by atoms with Crippen LogP contribution in [0.4, 0.5) is 5.82 Å². The number of hydrogen-bond donors (Lipinski definition) is 1. The molecule has 0 spiro atoms. The average molecular weight is 300 g/mol. The van der Waals surface area contributed by atoms with Crippen molar-refractivity contribution in [2.24, 2.45) is 0 Å². The van der Waals surface area contributed by atoms with Crippen molar-refractivity contribution in [3.05, 3.63) is 23.7 Å². The van der Waals surface area contributed by atoms with Crippen molar-refractivity contribution in [1.29, 1.82) is 0 Å². The molecule has 0 aromatic carbocycles. The van der Waals surface area contributed by atoms with Gasteiger partial charge in [0, 0.05) is 19.0 Å². The minimum atomic E-state index is -1.04. The number of morpholine rings is 1. The Bertz CT molecular complexity index is 739. The van der Waals surface area contributed by atoms with E-state index in [1.165, 1.54) is 6.07 Å². The predicted octanol–water partition coefficient (Wildman–Crippen LogP) is 1.44. The zero-order chi connectivity index (χ0) is 15.1. The molecule has 0 radical (unpaired) electrons. The fourth-order valence-electron chi connectivity index (χ4n) is 2.66. The Kier molecular flexibility index (Phi) is 3.15. The van der Waals surface area contributed by atoms with Crippen molar-refractivity contribution in [3.63, 3.8) is 0 Å². The molecule has 2 aromatic rings. The maximum Gasteiger partial charge on any atom is 0.354 e. The first kappa shape index (κ1) is 13.4. The number of ether oxygens (including phenoxy) is 1. The van der Waals surface area contributed by atoms with Crippen LogP contribution in [-0.2, 0) is 4.74 Å². The zero-order valence-corrected chi connectivity index (χ0v) is 12.0. The monoisotopic (exact) mass is 300 g/mol. The van der Waals surface area contributed by atoms with Gasteiger partial charge in [0.2, 0.25) is 0 Å². The van der Waals surface area contributed by atoms with Gasteiger partial charge in [0.1, 0.15) is 17.0 Å². The molecule has 114 valence electrons. The van der Waals surface area contributed by atoms with Gasteiger partial charge in [0.05, 0.1) is 18.7 Å². The number of nitrogens with zero attached hydrogens (tertiary/aromatic N) is 4. The first-order valence-electron chi connectivity index (χ1n) is 7.47. The Balaban J connectivity index is 1.88. The number of hydrogen-bond acceptors (Lipinski definition) is 6. The van der Waals surface area contributed by atoms with Crippen LogP contribution in [0.25, 0.3) is 11.0 Å². The van der Waals surface area contributed by atoms with E-state index in [0.717, 1.165) is 37.6 Å². The molecule has 3 heterocycles. The minimum Gasteiger partial charge on any atom is -0.477 e. The third kappa shape index (κ3) is 2.37. The van der Waals surface area contributed by atoms with E-state index in [0.29, 0.717) is 30.2 Å². The molecule has 1 aliphatic carbocycles. The molecular weight excluding hydrogens is 284 g/mol.